The average molecular weight is 499 g/mol. The SMILES string of the molecule is CCCCn1cc(C(O)Nc2ccc(C)c(S(=O)(=O)N3CCOCC3)c2)c(-c2ccc(C)cc2)n1. The molecular formula is C26H34N4O4S. The summed E-state index contributed by atoms with van der Waals surface area (Å²) in [5.74, 6) is 0. The summed E-state index contributed by atoms with van der Waals surface area (Å²) in [4.78, 5) is 0.231. The largest absolute Gasteiger partial charge is 0.379 e. The summed E-state index contributed by atoms with van der Waals surface area (Å²) in [5.41, 5.74) is 4.59. The van der Waals surface area contributed by atoms with Crippen molar-refractivity contribution in [2.24, 2.45) is 0 Å². The van der Waals surface area contributed by atoms with Gasteiger partial charge in [-0.05, 0) is 38.0 Å². The van der Waals surface area contributed by atoms with Crippen molar-refractivity contribution in [1.29, 1.82) is 0 Å². The number of hydrogen-bond acceptors (Lipinski definition) is 6. The number of morpholine rings is 1. The number of aliphatic hydroxyl groups excluding tert-OH is 1. The van der Waals surface area contributed by atoms with Crippen LogP contribution in [0.5, 0.6) is 0 Å². The summed E-state index contributed by atoms with van der Waals surface area (Å²) in [6, 6.07) is 13.2. The van der Waals surface area contributed by atoms with E-state index in [0.29, 0.717) is 48.8 Å². The molecule has 1 aliphatic heterocycles. The number of nitrogens with one attached hydrogen (secondary N) is 1. The molecule has 1 saturated heterocycles. The van der Waals surface area contributed by atoms with E-state index in [4.69, 9.17) is 9.84 Å². The van der Waals surface area contributed by atoms with E-state index in [1.54, 1.807) is 25.1 Å². The van der Waals surface area contributed by atoms with Gasteiger partial charge in [0.05, 0.1) is 23.8 Å². The molecule has 0 aliphatic carbocycles. The highest BCUT2D eigenvalue weighted by Crippen LogP contribution is 2.30. The first-order valence-corrected chi connectivity index (χ1v) is 13.5. The number of aromatic nitrogens is 2. The second-order valence-corrected chi connectivity index (χ2v) is 10.9. The van der Waals surface area contributed by atoms with Gasteiger partial charge in [-0.25, -0.2) is 8.42 Å². The maximum absolute atomic E-state index is 13.3. The lowest BCUT2D eigenvalue weighted by Gasteiger charge is -2.27. The third-order valence-corrected chi connectivity index (χ3v) is 8.27. The topological polar surface area (TPSA) is 96.7 Å². The van der Waals surface area contributed by atoms with Crippen molar-refractivity contribution in [3.8, 4) is 11.3 Å². The van der Waals surface area contributed by atoms with E-state index < -0.39 is 16.3 Å². The molecule has 0 bridgehead atoms. The summed E-state index contributed by atoms with van der Waals surface area (Å²) in [5, 5.41) is 19.0. The highest BCUT2D eigenvalue weighted by atomic mass is 32.2. The van der Waals surface area contributed by atoms with Crippen LogP contribution in [-0.4, -0.2) is 53.9 Å². The Morgan fingerprint density at radius 2 is 1.83 bits per heavy atom. The molecule has 2 heterocycles. The Hall–Kier alpha value is -2.72. The van der Waals surface area contributed by atoms with Crippen LogP contribution in [0.15, 0.2) is 53.6 Å². The maximum atomic E-state index is 13.3. The van der Waals surface area contributed by atoms with Crippen molar-refractivity contribution >= 4 is 15.7 Å². The molecule has 2 aromatic carbocycles. The van der Waals surface area contributed by atoms with Crippen LogP contribution in [-0.2, 0) is 21.3 Å². The summed E-state index contributed by atoms with van der Waals surface area (Å²) in [6.07, 6.45) is 2.82. The fraction of sp³-hybridized carbons (Fsp3) is 0.423. The molecule has 2 N–H and O–H groups in total. The predicted octanol–water partition coefficient (Wildman–Crippen LogP) is 4.09. The third-order valence-electron chi connectivity index (χ3n) is 6.23. The zero-order chi connectivity index (χ0) is 25.0. The molecule has 188 valence electrons. The molecule has 0 saturated carbocycles. The number of nitrogens with zero attached hydrogens (tertiary/aromatic N) is 3. The minimum atomic E-state index is -3.66. The molecule has 9 heteroatoms. The second kappa shape index (κ2) is 10.9. The lowest BCUT2D eigenvalue weighted by molar-refractivity contribution is 0.0730. The Balaban J connectivity index is 1.63. The second-order valence-electron chi connectivity index (χ2n) is 8.96. The molecule has 1 atom stereocenters. The molecule has 1 aliphatic rings. The van der Waals surface area contributed by atoms with Gasteiger partial charge in [0.2, 0.25) is 10.0 Å². The van der Waals surface area contributed by atoms with Crippen LogP contribution in [0.2, 0.25) is 0 Å². The zero-order valence-electron chi connectivity index (χ0n) is 20.6. The fourth-order valence-electron chi connectivity index (χ4n) is 4.14. The number of benzene rings is 2. The van der Waals surface area contributed by atoms with Gasteiger partial charge in [-0.1, -0.05) is 49.2 Å². The summed E-state index contributed by atoms with van der Waals surface area (Å²) in [6.45, 7) is 8.13. The van der Waals surface area contributed by atoms with Gasteiger partial charge in [0.15, 0.2) is 6.23 Å². The standard InChI is InChI=1S/C26H34N4O4S/c1-4-5-12-29-18-23(25(28-29)21-9-6-19(2)7-10-21)26(31)27-22-11-8-20(3)24(17-22)35(32,33)30-13-15-34-16-14-30/h6-11,17-18,26-27,31H,4-5,12-16H2,1-3H3. The summed E-state index contributed by atoms with van der Waals surface area (Å²) >= 11 is 0. The molecule has 1 fully saturated rings. The molecule has 1 unspecified atom stereocenters. The molecule has 1 aromatic heterocycles. The van der Waals surface area contributed by atoms with E-state index in [-0.39, 0.29) is 4.90 Å². The summed E-state index contributed by atoms with van der Waals surface area (Å²) in [7, 11) is -3.66. The quantitative estimate of drug-likeness (QED) is 0.432. The van der Waals surface area contributed by atoms with Crippen LogP contribution < -0.4 is 5.32 Å². The number of aryl methyl sites for hydroxylation is 3. The van der Waals surface area contributed by atoms with Gasteiger partial charge in [-0.2, -0.15) is 9.40 Å². The van der Waals surface area contributed by atoms with E-state index >= 15 is 0 Å². The van der Waals surface area contributed by atoms with E-state index in [2.05, 4.69) is 12.2 Å². The summed E-state index contributed by atoms with van der Waals surface area (Å²) < 4.78 is 35.1. The van der Waals surface area contributed by atoms with Gasteiger partial charge in [0.25, 0.3) is 0 Å². The van der Waals surface area contributed by atoms with Gasteiger partial charge in [-0.15, -0.1) is 0 Å². The van der Waals surface area contributed by atoms with Crippen LogP contribution in [0.1, 0.15) is 42.7 Å². The smallest absolute Gasteiger partial charge is 0.243 e. The molecule has 3 aromatic rings. The number of hydrogen-bond donors (Lipinski definition) is 2. The number of ether oxygens (including phenoxy) is 1. The van der Waals surface area contributed by atoms with E-state index in [9.17, 15) is 13.5 Å². The Morgan fingerprint density at radius 3 is 2.51 bits per heavy atom. The maximum Gasteiger partial charge on any atom is 0.243 e. The number of aliphatic hydroxyl groups is 1. The minimum absolute atomic E-state index is 0.231. The fourth-order valence-corrected chi connectivity index (χ4v) is 5.80. The molecule has 0 spiro atoms. The molecule has 8 nitrogen and oxygen atoms in total. The Morgan fingerprint density at radius 1 is 1.11 bits per heavy atom. The number of rotatable bonds is 9. The molecular weight excluding hydrogens is 464 g/mol. The average Bonchev–Trinajstić information content (AvgIpc) is 3.29. The van der Waals surface area contributed by atoms with Gasteiger partial charge in [0, 0.05) is 42.6 Å². The van der Waals surface area contributed by atoms with E-state index in [1.165, 1.54) is 4.31 Å². The lowest BCUT2D eigenvalue weighted by Crippen LogP contribution is -2.40. The van der Waals surface area contributed by atoms with Crippen LogP contribution in [0.4, 0.5) is 5.69 Å². The van der Waals surface area contributed by atoms with Crippen LogP contribution in [0.3, 0.4) is 0 Å². The van der Waals surface area contributed by atoms with Crippen LogP contribution in [0.25, 0.3) is 11.3 Å². The van der Waals surface area contributed by atoms with Crippen molar-refractivity contribution in [1.82, 2.24) is 14.1 Å². The van der Waals surface area contributed by atoms with Crippen molar-refractivity contribution in [3.05, 3.63) is 65.4 Å². The van der Waals surface area contributed by atoms with E-state index in [1.807, 2.05) is 42.1 Å². The normalized spacial score (nSPS) is 15.8. The molecule has 4 rings (SSSR count). The van der Waals surface area contributed by atoms with Crippen LogP contribution in [0, 0.1) is 13.8 Å². The van der Waals surface area contributed by atoms with Crippen molar-refractivity contribution in [2.75, 3.05) is 31.6 Å². The minimum Gasteiger partial charge on any atom is -0.379 e. The van der Waals surface area contributed by atoms with Crippen molar-refractivity contribution < 1.29 is 18.3 Å². The molecule has 35 heavy (non-hydrogen) atoms. The molecule has 0 amide bonds. The van der Waals surface area contributed by atoms with Gasteiger partial charge >= 0.3 is 0 Å². The predicted molar refractivity (Wildman–Crippen MR) is 137 cm³/mol. The Labute approximate surface area is 207 Å². The van der Waals surface area contributed by atoms with Gasteiger partial charge < -0.3 is 15.2 Å². The number of anilines is 1. The molecule has 0 radical (unpaired) electrons. The zero-order valence-corrected chi connectivity index (χ0v) is 21.4. The third kappa shape index (κ3) is 5.75. The first kappa shape index (κ1) is 25.4. The van der Waals surface area contributed by atoms with Crippen LogP contribution >= 0.6 is 0 Å². The highest BCUT2D eigenvalue weighted by molar-refractivity contribution is 7.89. The van der Waals surface area contributed by atoms with Gasteiger partial charge in [-0.3, -0.25) is 4.68 Å². The van der Waals surface area contributed by atoms with Crippen molar-refractivity contribution in [2.45, 2.75) is 51.3 Å². The number of unbranched alkanes of at least 4 members (excludes halogenated alkanes) is 1. The number of sulfonamides is 1. The lowest BCUT2D eigenvalue weighted by atomic mass is 10.1. The monoisotopic (exact) mass is 498 g/mol. The highest BCUT2D eigenvalue weighted by Gasteiger charge is 2.28. The van der Waals surface area contributed by atoms with E-state index in [0.717, 1.165) is 30.5 Å². The van der Waals surface area contributed by atoms with Crippen molar-refractivity contribution in [3.63, 3.8) is 0 Å². The van der Waals surface area contributed by atoms with Gasteiger partial charge in [0.1, 0.15) is 0 Å². The Kier molecular flexibility index (Phi) is 7.91. The first-order chi connectivity index (χ1) is 16.8. The Bertz CT molecular complexity index is 1250. The first-order valence-electron chi connectivity index (χ1n) is 12.1.